The lowest BCUT2D eigenvalue weighted by atomic mass is 10.1. The minimum Gasteiger partial charge on any atom is -0.380 e. The summed E-state index contributed by atoms with van der Waals surface area (Å²) in [5.41, 5.74) is -0.0323. The molecule has 0 aliphatic heterocycles. The van der Waals surface area contributed by atoms with Crippen LogP contribution in [0.3, 0.4) is 0 Å². The van der Waals surface area contributed by atoms with Crippen molar-refractivity contribution in [2.75, 3.05) is 7.11 Å². The van der Waals surface area contributed by atoms with Gasteiger partial charge in [0.1, 0.15) is 11.6 Å². The van der Waals surface area contributed by atoms with Crippen LogP contribution in [0.1, 0.15) is 30.4 Å². The highest BCUT2D eigenvalue weighted by Crippen LogP contribution is 2.22. The van der Waals surface area contributed by atoms with Gasteiger partial charge in [0, 0.05) is 25.3 Å². The lowest BCUT2D eigenvalue weighted by molar-refractivity contribution is 0.0845. The second-order valence-electron chi connectivity index (χ2n) is 4.72. The number of nitrogens with one attached hydrogen (secondary N) is 1. The van der Waals surface area contributed by atoms with Crippen molar-refractivity contribution in [3.05, 3.63) is 34.9 Å². The van der Waals surface area contributed by atoms with Crippen LogP contribution in [0.5, 0.6) is 0 Å². The van der Waals surface area contributed by atoms with Gasteiger partial charge in [-0.3, -0.25) is 0 Å². The van der Waals surface area contributed by atoms with E-state index in [1.54, 1.807) is 13.2 Å². The molecule has 2 unspecified atom stereocenters. The van der Waals surface area contributed by atoms with Gasteiger partial charge in [-0.05, 0) is 31.4 Å². The average molecular weight is 266 g/mol. The maximum atomic E-state index is 13.7. The molecule has 1 fully saturated rings. The first-order chi connectivity index (χ1) is 9.15. The van der Waals surface area contributed by atoms with Gasteiger partial charge in [-0.15, -0.1) is 0 Å². The number of methoxy groups -OCH3 is 1. The zero-order valence-corrected chi connectivity index (χ0v) is 10.7. The quantitative estimate of drug-likeness (QED) is 0.910. The van der Waals surface area contributed by atoms with Crippen LogP contribution in [0, 0.1) is 23.0 Å². The zero-order chi connectivity index (χ0) is 13.8. The molecule has 0 amide bonds. The van der Waals surface area contributed by atoms with Gasteiger partial charge in [-0.1, -0.05) is 0 Å². The average Bonchev–Trinajstić information content (AvgIpc) is 2.85. The number of nitrogens with zero attached hydrogens (tertiary/aromatic N) is 1. The molecule has 19 heavy (non-hydrogen) atoms. The fraction of sp³-hybridized carbons (Fsp3) is 0.500. The Morgan fingerprint density at radius 2 is 2.05 bits per heavy atom. The summed E-state index contributed by atoms with van der Waals surface area (Å²) >= 11 is 0. The third-order valence-electron chi connectivity index (χ3n) is 3.57. The summed E-state index contributed by atoms with van der Waals surface area (Å²) < 4.78 is 32.7. The molecule has 5 heteroatoms. The summed E-state index contributed by atoms with van der Waals surface area (Å²) in [5, 5.41) is 11.8. The van der Waals surface area contributed by atoms with Crippen LogP contribution in [0.15, 0.2) is 12.1 Å². The Morgan fingerprint density at radius 1 is 1.37 bits per heavy atom. The molecule has 1 aliphatic carbocycles. The molecule has 2 atom stereocenters. The van der Waals surface area contributed by atoms with E-state index < -0.39 is 11.6 Å². The Kier molecular flexibility index (Phi) is 4.46. The summed E-state index contributed by atoms with van der Waals surface area (Å²) in [6.45, 7) is 0.105. The van der Waals surface area contributed by atoms with E-state index in [2.05, 4.69) is 5.32 Å². The van der Waals surface area contributed by atoms with Crippen LogP contribution in [0.2, 0.25) is 0 Å². The van der Waals surface area contributed by atoms with E-state index in [-0.39, 0.29) is 29.8 Å². The lowest BCUT2D eigenvalue weighted by Crippen LogP contribution is -2.36. The minimum atomic E-state index is -0.684. The van der Waals surface area contributed by atoms with Gasteiger partial charge in [0.25, 0.3) is 0 Å². The molecule has 0 heterocycles. The maximum Gasteiger partial charge on any atom is 0.131 e. The molecular weight excluding hydrogens is 250 g/mol. The first-order valence-electron chi connectivity index (χ1n) is 6.30. The van der Waals surface area contributed by atoms with Crippen molar-refractivity contribution in [3.8, 4) is 6.07 Å². The maximum absolute atomic E-state index is 13.7. The van der Waals surface area contributed by atoms with Crippen molar-refractivity contribution in [2.45, 2.75) is 38.0 Å². The van der Waals surface area contributed by atoms with Crippen LogP contribution < -0.4 is 5.32 Å². The number of hydrogen-bond acceptors (Lipinski definition) is 3. The standard InChI is InChI=1S/C14H16F2N2O/c1-19-14-4-2-3-13(14)18-8-10-11(15)5-9(7-17)6-12(10)16/h5-6,13-14,18H,2-4,8H2,1H3. The normalized spacial score (nSPS) is 22.4. The van der Waals surface area contributed by atoms with Gasteiger partial charge < -0.3 is 10.1 Å². The smallest absolute Gasteiger partial charge is 0.131 e. The van der Waals surface area contributed by atoms with E-state index in [9.17, 15) is 8.78 Å². The lowest BCUT2D eigenvalue weighted by Gasteiger charge is -2.20. The highest BCUT2D eigenvalue weighted by atomic mass is 19.1. The third kappa shape index (κ3) is 3.09. The summed E-state index contributed by atoms with van der Waals surface area (Å²) in [7, 11) is 1.65. The summed E-state index contributed by atoms with van der Waals surface area (Å²) in [6.07, 6.45) is 3.06. The molecule has 1 aliphatic rings. The predicted octanol–water partition coefficient (Wildman–Crippen LogP) is 2.49. The van der Waals surface area contributed by atoms with E-state index in [1.165, 1.54) is 0 Å². The molecule has 1 aromatic carbocycles. The van der Waals surface area contributed by atoms with Crippen molar-refractivity contribution >= 4 is 0 Å². The van der Waals surface area contributed by atoms with Gasteiger partial charge in [-0.25, -0.2) is 8.78 Å². The van der Waals surface area contributed by atoms with Gasteiger partial charge in [0.15, 0.2) is 0 Å². The Hall–Kier alpha value is -1.51. The number of benzene rings is 1. The van der Waals surface area contributed by atoms with Gasteiger partial charge in [0.2, 0.25) is 0 Å². The van der Waals surface area contributed by atoms with E-state index in [0.717, 1.165) is 31.4 Å². The number of rotatable bonds is 4. The van der Waals surface area contributed by atoms with Crippen molar-refractivity contribution in [3.63, 3.8) is 0 Å². The topological polar surface area (TPSA) is 45.0 Å². The van der Waals surface area contributed by atoms with Gasteiger partial charge in [-0.2, -0.15) is 5.26 Å². The number of hydrogen-bond donors (Lipinski definition) is 1. The predicted molar refractivity (Wildman–Crippen MR) is 66.3 cm³/mol. The molecule has 0 radical (unpaired) electrons. The monoisotopic (exact) mass is 266 g/mol. The molecule has 0 bridgehead atoms. The second-order valence-corrected chi connectivity index (χ2v) is 4.72. The Bertz CT molecular complexity index is 476. The van der Waals surface area contributed by atoms with E-state index in [4.69, 9.17) is 10.00 Å². The van der Waals surface area contributed by atoms with E-state index in [0.29, 0.717) is 0 Å². The van der Waals surface area contributed by atoms with Gasteiger partial charge >= 0.3 is 0 Å². The van der Waals surface area contributed by atoms with Crippen LogP contribution in [0.25, 0.3) is 0 Å². The molecule has 1 saturated carbocycles. The molecule has 1 N–H and O–H groups in total. The molecular formula is C14H16F2N2O. The molecule has 102 valence electrons. The summed E-state index contributed by atoms with van der Waals surface area (Å²) in [4.78, 5) is 0. The molecule has 0 spiro atoms. The molecule has 3 nitrogen and oxygen atoms in total. The fourth-order valence-corrected chi connectivity index (χ4v) is 2.51. The first kappa shape index (κ1) is 13.9. The number of ether oxygens (including phenoxy) is 1. The zero-order valence-electron chi connectivity index (χ0n) is 10.7. The highest BCUT2D eigenvalue weighted by Gasteiger charge is 2.27. The molecule has 0 aromatic heterocycles. The largest absolute Gasteiger partial charge is 0.380 e. The number of nitriles is 1. The second kappa shape index (κ2) is 6.09. The highest BCUT2D eigenvalue weighted by molar-refractivity contribution is 5.34. The summed E-state index contributed by atoms with van der Waals surface area (Å²) in [6, 6.07) is 3.97. The molecule has 0 saturated heterocycles. The van der Waals surface area contributed by atoms with Crippen LogP contribution in [-0.4, -0.2) is 19.3 Å². The minimum absolute atomic E-state index is 0.00520. The Balaban J connectivity index is 2.06. The van der Waals surface area contributed by atoms with Crippen molar-refractivity contribution in [2.24, 2.45) is 0 Å². The number of halogens is 2. The Morgan fingerprint density at radius 3 is 2.63 bits per heavy atom. The summed E-state index contributed by atoms with van der Waals surface area (Å²) in [5.74, 6) is -1.37. The fourth-order valence-electron chi connectivity index (χ4n) is 2.51. The first-order valence-corrected chi connectivity index (χ1v) is 6.30. The molecule has 2 rings (SSSR count). The van der Waals surface area contributed by atoms with Crippen LogP contribution in [-0.2, 0) is 11.3 Å². The SMILES string of the molecule is COC1CCCC1NCc1c(F)cc(C#N)cc1F. The van der Waals surface area contributed by atoms with Crippen LogP contribution in [0.4, 0.5) is 8.78 Å². The van der Waals surface area contributed by atoms with Crippen molar-refractivity contribution in [1.82, 2.24) is 5.32 Å². The third-order valence-corrected chi connectivity index (χ3v) is 3.57. The van der Waals surface area contributed by atoms with Crippen LogP contribution >= 0.6 is 0 Å². The van der Waals surface area contributed by atoms with Gasteiger partial charge in [0.05, 0.1) is 17.7 Å². The van der Waals surface area contributed by atoms with Crippen molar-refractivity contribution < 1.29 is 13.5 Å². The molecule has 1 aromatic rings. The van der Waals surface area contributed by atoms with E-state index >= 15 is 0 Å². The Labute approximate surface area is 111 Å². The van der Waals surface area contributed by atoms with E-state index in [1.807, 2.05) is 0 Å². The van der Waals surface area contributed by atoms with Crippen molar-refractivity contribution in [1.29, 1.82) is 5.26 Å².